The van der Waals surface area contributed by atoms with Gasteiger partial charge in [0.05, 0.1) is 80.3 Å². The Kier molecular flexibility index (Phi) is 24.1. The fourth-order valence-electron chi connectivity index (χ4n) is 10.2. The zero-order valence-corrected chi connectivity index (χ0v) is 50.5. The number of benzene rings is 2. The molecule has 3 amide bonds. The van der Waals surface area contributed by atoms with Crippen LogP contribution in [0.5, 0.6) is 11.8 Å². The molecule has 2 aliphatic heterocycles. The number of ether oxygens (including phenoxy) is 6. The van der Waals surface area contributed by atoms with E-state index in [0.29, 0.717) is 55.3 Å². The lowest BCUT2D eigenvalue weighted by atomic mass is 9.85. The summed E-state index contributed by atoms with van der Waals surface area (Å²) in [4.78, 5) is 91.4. The number of aromatic nitrogens is 4. The van der Waals surface area contributed by atoms with Gasteiger partial charge in [-0.15, -0.1) is 0 Å². The molecule has 4 aromatic rings. The summed E-state index contributed by atoms with van der Waals surface area (Å²) in [7, 11) is 2.43. The van der Waals surface area contributed by atoms with Crippen LogP contribution in [0.3, 0.4) is 0 Å². The van der Waals surface area contributed by atoms with Gasteiger partial charge in [-0.05, 0) is 85.8 Å². The number of alkyl halides is 4. The lowest BCUT2D eigenvalue weighted by Gasteiger charge is -2.35. The van der Waals surface area contributed by atoms with Crippen LogP contribution in [0.25, 0.3) is 22.1 Å². The number of aliphatic carboxylic acids is 1. The highest BCUT2D eigenvalue weighted by Crippen LogP contribution is 2.39. The number of hydrogen-bond donors (Lipinski definition) is 7. The number of nitrogens with zero attached hydrogens (tertiary/aromatic N) is 5. The number of alkyl carbamates (subject to hydrolysis) is 2. The number of halogens is 4. The number of para-hydroxylation sites is 4. The van der Waals surface area contributed by atoms with E-state index in [1.807, 2.05) is 0 Å². The van der Waals surface area contributed by atoms with E-state index in [0.717, 1.165) is 25.7 Å². The van der Waals surface area contributed by atoms with E-state index in [1.165, 1.54) is 18.1 Å². The van der Waals surface area contributed by atoms with Crippen molar-refractivity contribution in [2.45, 2.75) is 166 Å². The molecule has 7 N–H and O–H groups in total. The van der Waals surface area contributed by atoms with Crippen molar-refractivity contribution in [3.63, 3.8) is 0 Å². The molecule has 4 fully saturated rings. The highest BCUT2D eigenvalue weighted by Gasteiger charge is 2.48. The Balaban J connectivity index is 0.000000237. The standard InChI is InChI=1S/C30H38F2N4O8.C18H19F2N3O4.C12H21NO5/c1-29(2,3)24(35-28(41)44-22-12-7-11-21(22)38)26(39)36-16-17(15-20(36)27(40)42-4)43-25-23(30(31,32)13-8-14-37)33-18-9-5-6-10-19(18)34-25;1-26-17(25)14-9-11(10-21-14)27-16-15(18(19,20)7-4-8-24)22-12-5-2-3-6-13(12)23-16;1-12(2,3)9(10(15)16)13-11(17)18-8-6-4-5-7(8)14/h5-6,8-10,13,17,20-22,24,37-38H,7,11-12,14-16H2,1-4H3,(H,35,41);2-7,11,14,21,24H,8-10H2,1H3;7-9,14H,4-6H2,1-3H3,(H,13,17)(H,15,16)/p-1/b13-8+;7-4+;/t17-,20+,21-,22-,24-;11-,14+;7-,8-,9-/m111/s1. The molecule has 4 heterocycles. The van der Waals surface area contributed by atoms with E-state index in [9.17, 15) is 52.9 Å². The number of allylic oxidation sites excluding steroid dienone is 2. The molecule has 0 unspecified atom stereocenters. The average molecular weight is 1260 g/mol. The molecule has 8 rings (SSSR count). The summed E-state index contributed by atoms with van der Waals surface area (Å²) in [6, 6.07) is 8.97. The molecule has 2 saturated carbocycles. The number of carbonyl (C=O) groups is 6. The topological polar surface area (TPSA) is 353 Å². The number of methoxy groups -OCH3 is 2. The molecule has 89 heavy (non-hydrogen) atoms. The minimum absolute atomic E-state index is 0.111. The third-order valence-corrected chi connectivity index (χ3v) is 14.8. The number of hydrogen-bond acceptors (Lipinski definition) is 22. The number of carbonyl (C=O) groups excluding carboxylic acids is 6. The molecule has 488 valence electrons. The van der Waals surface area contributed by atoms with Crippen molar-refractivity contribution >= 4 is 58.1 Å². The summed E-state index contributed by atoms with van der Waals surface area (Å²) in [6.45, 7) is 9.11. The van der Waals surface area contributed by atoms with Gasteiger partial charge < -0.3 is 79.6 Å². The summed E-state index contributed by atoms with van der Waals surface area (Å²) in [5.41, 5.74) is -1.78. The minimum atomic E-state index is -3.67. The van der Waals surface area contributed by atoms with Gasteiger partial charge in [-0.2, -0.15) is 17.6 Å². The molecule has 2 aliphatic carbocycles. The molecule has 4 aliphatic rings. The van der Waals surface area contributed by atoms with E-state index in [-0.39, 0.29) is 42.8 Å². The molecular formula is C60H77F4N8O17-. The van der Waals surface area contributed by atoms with Crippen LogP contribution in [0.1, 0.15) is 104 Å². The third-order valence-electron chi connectivity index (χ3n) is 14.8. The van der Waals surface area contributed by atoms with Crippen molar-refractivity contribution in [2.75, 3.05) is 40.5 Å². The smallest absolute Gasteiger partial charge is 0.408 e. The number of esters is 2. The molecule has 10 atom stereocenters. The van der Waals surface area contributed by atoms with E-state index >= 15 is 8.78 Å². The molecule has 2 saturated heterocycles. The van der Waals surface area contributed by atoms with Crippen molar-refractivity contribution in [2.24, 2.45) is 10.8 Å². The Morgan fingerprint density at radius 1 is 0.652 bits per heavy atom. The van der Waals surface area contributed by atoms with Crippen LogP contribution in [0, 0.1) is 10.8 Å². The molecule has 0 bridgehead atoms. The van der Waals surface area contributed by atoms with E-state index in [4.69, 9.17) is 33.9 Å². The highest BCUT2D eigenvalue weighted by molar-refractivity contribution is 5.91. The van der Waals surface area contributed by atoms with Crippen molar-refractivity contribution in [3.8, 4) is 11.8 Å². The van der Waals surface area contributed by atoms with Crippen molar-refractivity contribution in [1.82, 2.24) is 40.8 Å². The van der Waals surface area contributed by atoms with Gasteiger partial charge in [0.15, 0.2) is 11.4 Å². The molecular weight excluding hydrogens is 1180 g/mol. The van der Waals surface area contributed by atoms with Crippen LogP contribution in [0.2, 0.25) is 0 Å². The number of likely N-dealkylation sites (tertiary alicyclic amines) is 1. The molecule has 2 aromatic heterocycles. The normalized spacial score (nSPS) is 22.8. The number of amides is 3. The Morgan fingerprint density at radius 3 is 1.47 bits per heavy atom. The quantitative estimate of drug-likeness (QED) is 0.0318. The Labute approximate surface area is 510 Å². The summed E-state index contributed by atoms with van der Waals surface area (Å²) in [5.74, 6) is -11.1. The van der Waals surface area contributed by atoms with Crippen molar-refractivity contribution in [1.29, 1.82) is 0 Å². The lowest BCUT2D eigenvalue weighted by Crippen LogP contribution is -2.57. The summed E-state index contributed by atoms with van der Waals surface area (Å²) in [6.07, 6.45) is 0.766. The van der Waals surface area contributed by atoms with Gasteiger partial charge in [-0.3, -0.25) is 9.59 Å². The van der Waals surface area contributed by atoms with Crippen molar-refractivity contribution < 1.29 is 100 Å². The SMILES string of the molecule is CC(C)(C)[C@H](NC(=O)O[C@@H]1CCC[C@H]1O)C(=O)[O-].COC(=O)[C@@H]1C[C@@H](Oc2nc3ccccc3nc2C(F)(F)/C=C/CO)CN1.COC(=O)[C@@H]1C[C@@H](Oc2nc3ccccc3nc2C(F)(F)/C=C/CO)CN1C(=O)[C@@H](NC(=O)O[C@@H]1CCC[C@H]1O)C(C)(C)C. The fourth-order valence-corrected chi connectivity index (χ4v) is 10.2. The summed E-state index contributed by atoms with van der Waals surface area (Å²) in [5, 5.41) is 56.2. The Morgan fingerprint density at radius 2 is 1.08 bits per heavy atom. The second-order valence-electron chi connectivity index (χ2n) is 23.7. The first-order valence-corrected chi connectivity index (χ1v) is 28.8. The zero-order valence-electron chi connectivity index (χ0n) is 50.5. The molecule has 29 heteroatoms. The van der Waals surface area contributed by atoms with E-state index in [2.05, 4.69) is 40.6 Å². The Hall–Kier alpha value is -7.86. The van der Waals surface area contributed by atoms with Crippen molar-refractivity contribution in [3.05, 3.63) is 84.2 Å². The number of fused-ring (bicyclic) bond motifs is 2. The van der Waals surface area contributed by atoms with Crippen LogP contribution < -0.4 is 30.5 Å². The second-order valence-corrected chi connectivity index (χ2v) is 23.7. The van der Waals surface area contributed by atoms with E-state index < -0.39 is 150 Å². The lowest BCUT2D eigenvalue weighted by molar-refractivity contribution is -0.310. The summed E-state index contributed by atoms with van der Waals surface area (Å²) < 4.78 is 91.2. The number of carboxylic acid groups (broad SMARTS) is 1. The van der Waals surface area contributed by atoms with Gasteiger partial charge in [0, 0.05) is 19.4 Å². The predicted molar refractivity (Wildman–Crippen MR) is 307 cm³/mol. The van der Waals surface area contributed by atoms with Gasteiger partial charge in [0.1, 0.15) is 42.5 Å². The second kappa shape index (κ2) is 30.6. The van der Waals surface area contributed by atoms with Gasteiger partial charge >= 0.3 is 36.0 Å². The van der Waals surface area contributed by atoms with Crippen LogP contribution in [-0.4, -0.2) is 183 Å². The molecule has 2 aromatic carbocycles. The van der Waals surface area contributed by atoms with Crippen LogP contribution in [0.4, 0.5) is 27.2 Å². The minimum Gasteiger partial charge on any atom is -0.548 e. The molecule has 0 radical (unpaired) electrons. The first-order valence-electron chi connectivity index (χ1n) is 28.8. The van der Waals surface area contributed by atoms with Gasteiger partial charge in [-0.1, -0.05) is 78.0 Å². The summed E-state index contributed by atoms with van der Waals surface area (Å²) >= 11 is 0. The molecule has 25 nitrogen and oxygen atoms in total. The number of rotatable bonds is 18. The fraction of sp³-hybridized carbons (Fsp3) is 0.567. The third kappa shape index (κ3) is 18.8. The number of aliphatic hydroxyl groups is 4. The highest BCUT2D eigenvalue weighted by atomic mass is 19.3. The van der Waals surface area contributed by atoms with Crippen LogP contribution in [0.15, 0.2) is 72.8 Å². The zero-order chi connectivity index (χ0) is 65.6. The van der Waals surface area contributed by atoms with E-state index in [1.54, 1.807) is 84.0 Å². The average Bonchev–Trinajstić information content (AvgIpc) is 1.84. The van der Waals surface area contributed by atoms with Gasteiger partial charge in [0.2, 0.25) is 17.7 Å². The predicted octanol–water partition coefficient (Wildman–Crippen LogP) is 4.19. The first kappa shape index (κ1) is 70.2. The van der Waals surface area contributed by atoms with Crippen LogP contribution in [-0.2, 0) is 50.0 Å². The number of aliphatic hydroxyl groups excluding tert-OH is 4. The molecule has 0 spiro atoms. The maximum Gasteiger partial charge on any atom is 0.408 e. The monoisotopic (exact) mass is 1260 g/mol. The van der Waals surface area contributed by atoms with Gasteiger partial charge in [-0.25, -0.2) is 34.3 Å². The maximum absolute atomic E-state index is 15.2. The Bertz CT molecular complexity index is 3180. The largest absolute Gasteiger partial charge is 0.548 e. The number of carboxylic acids is 1. The number of nitrogens with one attached hydrogen (secondary N) is 3. The first-order chi connectivity index (χ1) is 41.9. The van der Waals surface area contributed by atoms with Crippen LogP contribution >= 0.6 is 0 Å². The van der Waals surface area contributed by atoms with Gasteiger partial charge in [0.25, 0.3) is 0 Å². The maximum atomic E-state index is 15.2.